The molecule has 0 atom stereocenters. The van der Waals surface area contributed by atoms with Gasteiger partial charge in [-0.1, -0.05) is 44.7 Å². The summed E-state index contributed by atoms with van der Waals surface area (Å²) in [6, 6.07) is 7.55. The van der Waals surface area contributed by atoms with Crippen molar-refractivity contribution in [3.63, 3.8) is 0 Å². The smallest absolute Gasteiger partial charge is 0.307 e. The fraction of sp³-hybridized carbons (Fsp3) is 0.308. The van der Waals surface area contributed by atoms with Crippen molar-refractivity contribution >= 4 is 11.5 Å². The Morgan fingerprint density at radius 3 is 2.27 bits per heavy atom. The zero-order valence-corrected chi connectivity index (χ0v) is 9.16. The van der Waals surface area contributed by atoms with Gasteiger partial charge in [-0.2, -0.15) is 0 Å². The molecule has 1 N–H and O–H groups in total. The first-order valence-electron chi connectivity index (χ1n) is 5.00. The third kappa shape index (κ3) is 3.24. The SMILES string of the molecule is C=C(c1ccc(CC(=O)O)cc1)C(C)C. The molecule has 0 aliphatic carbocycles. The molecule has 1 aromatic rings. The summed E-state index contributed by atoms with van der Waals surface area (Å²) in [6.45, 7) is 8.18. The van der Waals surface area contributed by atoms with E-state index < -0.39 is 5.97 Å². The topological polar surface area (TPSA) is 37.3 Å². The molecule has 0 saturated carbocycles. The monoisotopic (exact) mass is 204 g/mol. The lowest BCUT2D eigenvalue weighted by Gasteiger charge is -2.09. The van der Waals surface area contributed by atoms with Gasteiger partial charge in [0.2, 0.25) is 0 Å². The molecule has 0 aromatic heterocycles. The number of carboxylic acids is 1. The van der Waals surface area contributed by atoms with Gasteiger partial charge in [0.15, 0.2) is 0 Å². The van der Waals surface area contributed by atoms with Gasteiger partial charge in [-0.05, 0) is 22.6 Å². The van der Waals surface area contributed by atoms with Crippen molar-refractivity contribution in [3.8, 4) is 0 Å². The van der Waals surface area contributed by atoms with E-state index in [2.05, 4.69) is 20.4 Å². The van der Waals surface area contributed by atoms with Gasteiger partial charge in [0.05, 0.1) is 6.42 Å². The third-order valence-corrected chi connectivity index (χ3v) is 2.38. The number of hydrogen-bond donors (Lipinski definition) is 1. The first-order chi connectivity index (χ1) is 7.00. The Hall–Kier alpha value is -1.57. The van der Waals surface area contributed by atoms with Crippen molar-refractivity contribution < 1.29 is 9.90 Å². The molecule has 80 valence electrons. The molecule has 0 saturated heterocycles. The van der Waals surface area contributed by atoms with E-state index in [1.54, 1.807) is 0 Å². The summed E-state index contributed by atoms with van der Waals surface area (Å²) in [6.07, 6.45) is 0.0778. The highest BCUT2D eigenvalue weighted by atomic mass is 16.4. The van der Waals surface area contributed by atoms with Crippen LogP contribution in [0.1, 0.15) is 25.0 Å². The Morgan fingerprint density at radius 1 is 1.33 bits per heavy atom. The molecule has 2 nitrogen and oxygen atoms in total. The summed E-state index contributed by atoms with van der Waals surface area (Å²) >= 11 is 0. The second kappa shape index (κ2) is 4.78. The molecule has 0 radical (unpaired) electrons. The molecule has 0 amide bonds. The maximum atomic E-state index is 10.5. The van der Waals surface area contributed by atoms with Crippen LogP contribution in [0.5, 0.6) is 0 Å². The number of allylic oxidation sites excluding steroid dienone is 1. The largest absolute Gasteiger partial charge is 0.481 e. The van der Waals surface area contributed by atoms with E-state index in [0.29, 0.717) is 5.92 Å². The summed E-state index contributed by atoms with van der Waals surface area (Å²) < 4.78 is 0. The van der Waals surface area contributed by atoms with Crippen LogP contribution >= 0.6 is 0 Å². The van der Waals surface area contributed by atoms with Crippen LogP contribution in [0.4, 0.5) is 0 Å². The first kappa shape index (κ1) is 11.5. The maximum Gasteiger partial charge on any atom is 0.307 e. The molecule has 0 fully saturated rings. The average Bonchev–Trinajstić information content (AvgIpc) is 2.17. The molecule has 0 unspecified atom stereocenters. The number of carboxylic acid groups (broad SMARTS) is 1. The highest BCUT2D eigenvalue weighted by Gasteiger charge is 2.04. The van der Waals surface area contributed by atoms with Gasteiger partial charge in [0.25, 0.3) is 0 Å². The van der Waals surface area contributed by atoms with Gasteiger partial charge in [-0.25, -0.2) is 0 Å². The molecular formula is C13H16O2. The van der Waals surface area contributed by atoms with Crippen LogP contribution in [0.25, 0.3) is 5.57 Å². The Morgan fingerprint density at radius 2 is 1.87 bits per heavy atom. The van der Waals surface area contributed by atoms with E-state index in [4.69, 9.17) is 5.11 Å². The molecular weight excluding hydrogens is 188 g/mol. The van der Waals surface area contributed by atoms with Crippen molar-refractivity contribution in [2.24, 2.45) is 5.92 Å². The van der Waals surface area contributed by atoms with Crippen LogP contribution in [-0.4, -0.2) is 11.1 Å². The molecule has 0 bridgehead atoms. The molecule has 1 aromatic carbocycles. The van der Waals surface area contributed by atoms with Gasteiger partial charge in [0, 0.05) is 0 Å². The van der Waals surface area contributed by atoms with Gasteiger partial charge >= 0.3 is 5.97 Å². The zero-order chi connectivity index (χ0) is 11.4. The van der Waals surface area contributed by atoms with E-state index in [9.17, 15) is 4.79 Å². The van der Waals surface area contributed by atoms with E-state index in [0.717, 1.165) is 16.7 Å². The van der Waals surface area contributed by atoms with Crippen LogP contribution in [0.15, 0.2) is 30.8 Å². The van der Waals surface area contributed by atoms with Crippen molar-refractivity contribution in [2.75, 3.05) is 0 Å². The van der Waals surface area contributed by atoms with Crippen LogP contribution in [-0.2, 0) is 11.2 Å². The Balaban J connectivity index is 2.81. The molecule has 15 heavy (non-hydrogen) atoms. The summed E-state index contributed by atoms with van der Waals surface area (Å²) in [7, 11) is 0. The normalized spacial score (nSPS) is 10.3. The molecule has 1 rings (SSSR count). The number of carbonyl (C=O) groups is 1. The van der Waals surface area contributed by atoms with E-state index in [1.165, 1.54) is 0 Å². The van der Waals surface area contributed by atoms with Crippen LogP contribution in [0.3, 0.4) is 0 Å². The predicted octanol–water partition coefficient (Wildman–Crippen LogP) is 2.98. The Labute approximate surface area is 90.3 Å². The lowest BCUT2D eigenvalue weighted by Crippen LogP contribution is -2.00. The average molecular weight is 204 g/mol. The minimum atomic E-state index is -0.801. The zero-order valence-electron chi connectivity index (χ0n) is 9.16. The van der Waals surface area contributed by atoms with Crippen molar-refractivity contribution in [3.05, 3.63) is 42.0 Å². The fourth-order valence-electron chi connectivity index (χ4n) is 1.34. The highest BCUT2D eigenvalue weighted by molar-refractivity contribution is 5.71. The van der Waals surface area contributed by atoms with Crippen molar-refractivity contribution in [1.29, 1.82) is 0 Å². The number of hydrogen-bond acceptors (Lipinski definition) is 1. The van der Waals surface area contributed by atoms with Crippen LogP contribution in [0.2, 0.25) is 0 Å². The predicted molar refractivity (Wildman–Crippen MR) is 61.7 cm³/mol. The van der Waals surface area contributed by atoms with E-state index in [-0.39, 0.29) is 6.42 Å². The van der Waals surface area contributed by atoms with E-state index in [1.807, 2.05) is 24.3 Å². The van der Waals surface area contributed by atoms with Gasteiger partial charge in [-0.3, -0.25) is 4.79 Å². The fourth-order valence-corrected chi connectivity index (χ4v) is 1.34. The molecule has 0 heterocycles. The summed E-state index contributed by atoms with van der Waals surface area (Å²) in [4.78, 5) is 10.5. The van der Waals surface area contributed by atoms with Crippen molar-refractivity contribution in [1.82, 2.24) is 0 Å². The quantitative estimate of drug-likeness (QED) is 0.818. The maximum absolute atomic E-state index is 10.5. The van der Waals surface area contributed by atoms with Crippen LogP contribution in [0, 0.1) is 5.92 Å². The summed E-state index contributed by atoms with van der Waals surface area (Å²) in [5.74, 6) is -0.388. The van der Waals surface area contributed by atoms with Gasteiger partial charge in [0.1, 0.15) is 0 Å². The standard InChI is InChI=1S/C13H16O2/c1-9(2)10(3)12-6-4-11(5-7-12)8-13(14)15/h4-7,9H,3,8H2,1-2H3,(H,14,15). The summed E-state index contributed by atoms with van der Waals surface area (Å²) in [5.41, 5.74) is 2.99. The lowest BCUT2D eigenvalue weighted by atomic mass is 9.96. The van der Waals surface area contributed by atoms with Gasteiger partial charge in [-0.15, -0.1) is 0 Å². The Bertz CT molecular complexity index is 361. The van der Waals surface area contributed by atoms with Crippen LogP contribution < -0.4 is 0 Å². The molecule has 0 aliphatic rings. The highest BCUT2D eigenvalue weighted by Crippen LogP contribution is 2.21. The van der Waals surface area contributed by atoms with Gasteiger partial charge < -0.3 is 5.11 Å². The minimum absolute atomic E-state index is 0.0778. The number of rotatable bonds is 4. The molecule has 0 spiro atoms. The molecule has 2 heteroatoms. The second-order valence-electron chi connectivity index (χ2n) is 3.95. The Kier molecular flexibility index (Phi) is 3.67. The first-order valence-corrected chi connectivity index (χ1v) is 5.00. The van der Waals surface area contributed by atoms with E-state index >= 15 is 0 Å². The summed E-state index contributed by atoms with van der Waals surface area (Å²) in [5, 5.41) is 8.62. The number of aliphatic carboxylic acids is 1. The third-order valence-electron chi connectivity index (χ3n) is 2.38. The second-order valence-corrected chi connectivity index (χ2v) is 3.95. The molecule has 0 aliphatic heterocycles. The minimum Gasteiger partial charge on any atom is -0.481 e. The number of benzene rings is 1. The lowest BCUT2D eigenvalue weighted by molar-refractivity contribution is -0.136. The van der Waals surface area contributed by atoms with Crippen molar-refractivity contribution in [2.45, 2.75) is 20.3 Å².